The van der Waals surface area contributed by atoms with Gasteiger partial charge in [0.25, 0.3) is 5.91 Å². The Hall–Kier alpha value is -4.33. The van der Waals surface area contributed by atoms with Gasteiger partial charge in [0.2, 0.25) is 11.9 Å². The zero-order chi connectivity index (χ0) is 23.2. The Balaban J connectivity index is 1.50. The molecular formula is C25H23N5O3. The Bertz CT molecular complexity index is 1260. The van der Waals surface area contributed by atoms with Crippen LogP contribution in [0.5, 0.6) is 0 Å². The fourth-order valence-corrected chi connectivity index (χ4v) is 3.27. The first kappa shape index (κ1) is 21.9. The van der Waals surface area contributed by atoms with E-state index in [0.717, 1.165) is 21.5 Å². The topological polar surface area (TPSA) is 99.0 Å². The number of carbonyl (C=O) groups is 2. The van der Waals surface area contributed by atoms with Gasteiger partial charge >= 0.3 is 5.97 Å². The molecule has 1 aromatic heterocycles. The summed E-state index contributed by atoms with van der Waals surface area (Å²) in [6, 6.07) is 24.0. The van der Waals surface area contributed by atoms with E-state index in [4.69, 9.17) is 4.74 Å². The first-order valence-corrected chi connectivity index (χ1v) is 10.5. The Morgan fingerprint density at radius 3 is 2.39 bits per heavy atom. The van der Waals surface area contributed by atoms with Crippen LogP contribution in [0.1, 0.15) is 22.8 Å². The molecule has 3 aromatic carbocycles. The molecule has 0 saturated heterocycles. The third-order valence-corrected chi connectivity index (χ3v) is 5.00. The zero-order valence-electron chi connectivity index (χ0n) is 18.3. The van der Waals surface area contributed by atoms with Crippen LogP contribution in [0.15, 0.2) is 78.9 Å². The van der Waals surface area contributed by atoms with E-state index in [0.29, 0.717) is 17.1 Å². The number of ether oxygens (including phenoxy) is 1. The van der Waals surface area contributed by atoms with Crippen molar-refractivity contribution >= 4 is 17.6 Å². The van der Waals surface area contributed by atoms with Crippen LogP contribution in [0, 0.1) is 13.8 Å². The van der Waals surface area contributed by atoms with Gasteiger partial charge in [0.15, 0.2) is 6.54 Å². The highest BCUT2D eigenvalue weighted by atomic mass is 16.5. The maximum absolute atomic E-state index is 13.1. The van der Waals surface area contributed by atoms with Crippen LogP contribution in [-0.4, -0.2) is 32.1 Å². The van der Waals surface area contributed by atoms with Gasteiger partial charge in [-0.25, -0.2) is 4.79 Å². The van der Waals surface area contributed by atoms with Crippen molar-refractivity contribution in [1.29, 1.82) is 0 Å². The van der Waals surface area contributed by atoms with Gasteiger partial charge < -0.3 is 10.1 Å². The number of tetrazole rings is 1. The van der Waals surface area contributed by atoms with Crippen LogP contribution in [0.4, 0.5) is 5.69 Å². The smallest absolute Gasteiger partial charge is 0.330 e. The fourth-order valence-electron chi connectivity index (χ4n) is 3.27. The maximum atomic E-state index is 13.1. The molecule has 0 bridgehead atoms. The third kappa shape index (κ3) is 5.48. The van der Waals surface area contributed by atoms with Crippen molar-refractivity contribution in [3.05, 3.63) is 95.6 Å². The van der Waals surface area contributed by atoms with Crippen molar-refractivity contribution < 1.29 is 14.3 Å². The number of nitrogens with one attached hydrogen (secondary N) is 1. The number of aryl methyl sites for hydroxylation is 2. The molecule has 0 aliphatic heterocycles. The molecule has 0 fully saturated rings. The van der Waals surface area contributed by atoms with Crippen molar-refractivity contribution in [2.45, 2.75) is 26.5 Å². The third-order valence-electron chi connectivity index (χ3n) is 5.00. The van der Waals surface area contributed by atoms with Gasteiger partial charge in [-0.2, -0.15) is 4.80 Å². The molecule has 4 rings (SSSR count). The summed E-state index contributed by atoms with van der Waals surface area (Å²) in [7, 11) is 0. The van der Waals surface area contributed by atoms with Gasteiger partial charge in [-0.05, 0) is 36.3 Å². The summed E-state index contributed by atoms with van der Waals surface area (Å²) in [6.45, 7) is 3.57. The van der Waals surface area contributed by atoms with E-state index in [2.05, 4.69) is 20.7 Å². The zero-order valence-corrected chi connectivity index (χ0v) is 18.3. The van der Waals surface area contributed by atoms with Gasteiger partial charge in [0.1, 0.15) is 0 Å². The number of esters is 1. The van der Waals surface area contributed by atoms with Crippen molar-refractivity contribution in [1.82, 2.24) is 20.2 Å². The van der Waals surface area contributed by atoms with Crippen LogP contribution in [0.3, 0.4) is 0 Å². The lowest BCUT2D eigenvalue weighted by Gasteiger charge is -2.19. The molecule has 8 heteroatoms. The number of benzene rings is 3. The molecule has 1 N–H and O–H groups in total. The number of aromatic nitrogens is 4. The van der Waals surface area contributed by atoms with Crippen molar-refractivity contribution in [3.8, 4) is 11.4 Å². The summed E-state index contributed by atoms with van der Waals surface area (Å²) in [6.07, 6.45) is -1.13. The standard InChI is InChI=1S/C25H23N5O3/c1-17-13-14-18(2)21(15-17)26-25(32)23(19-9-5-3-6-10-19)33-22(31)16-30-28-24(27-29-30)20-11-7-4-8-12-20/h3-15,23H,16H2,1-2H3,(H,26,32). The normalized spacial score (nSPS) is 11.6. The molecule has 166 valence electrons. The predicted octanol–water partition coefficient (Wildman–Crippen LogP) is 3.88. The second-order valence-electron chi connectivity index (χ2n) is 7.60. The van der Waals surface area contributed by atoms with E-state index in [-0.39, 0.29) is 6.54 Å². The average Bonchev–Trinajstić information content (AvgIpc) is 3.29. The van der Waals surface area contributed by atoms with Gasteiger partial charge in [-0.15, -0.1) is 10.2 Å². The number of hydrogen-bond acceptors (Lipinski definition) is 6. The minimum atomic E-state index is -1.13. The van der Waals surface area contributed by atoms with Crippen molar-refractivity contribution in [2.75, 3.05) is 5.32 Å². The van der Waals surface area contributed by atoms with Crippen LogP contribution < -0.4 is 5.32 Å². The van der Waals surface area contributed by atoms with Gasteiger partial charge in [0.05, 0.1) is 0 Å². The molecular weight excluding hydrogens is 418 g/mol. The van der Waals surface area contributed by atoms with Crippen molar-refractivity contribution in [3.63, 3.8) is 0 Å². The second-order valence-corrected chi connectivity index (χ2v) is 7.60. The van der Waals surface area contributed by atoms with Crippen molar-refractivity contribution in [2.24, 2.45) is 0 Å². The molecule has 0 radical (unpaired) electrons. The summed E-state index contributed by atoms with van der Waals surface area (Å²) in [5.41, 5.74) is 3.93. The molecule has 1 heterocycles. The number of nitrogens with zero attached hydrogens (tertiary/aromatic N) is 4. The Kier molecular flexibility index (Phi) is 6.54. The van der Waals surface area contributed by atoms with E-state index >= 15 is 0 Å². The molecule has 1 unspecified atom stereocenters. The SMILES string of the molecule is Cc1ccc(C)c(NC(=O)C(OC(=O)Cn2nnc(-c3ccccc3)n2)c2ccccc2)c1. The summed E-state index contributed by atoms with van der Waals surface area (Å²) >= 11 is 0. The molecule has 4 aromatic rings. The quantitative estimate of drug-likeness (QED) is 0.437. The van der Waals surface area contributed by atoms with Crippen LogP contribution in [-0.2, 0) is 20.9 Å². The summed E-state index contributed by atoms with van der Waals surface area (Å²) in [5, 5.41) is 15.0. The number of amides is 1. The van der Waals surface area contributed by atoms with Crippen LogP contribution in [0.25, 0.3) is 11.4 Å². The minimum Gasteiger partial charge on any atom is -0.446 e. The van der Waals surface area contributed by atoms with Crippen LogP contribution in [0.2, 0.25) is 0 Å². The minimum absolute atomic E-state index is 0.278. The molecule has 1 atom stereocenters. The molecule has 0 saturated carbocycles. The summed E-state index contributed by atoms with van der Waals surface area (Å²) in [5.74, 6) is -0.701. The van der Waals surface area contributed by atoms with Crippen LogP contribution >= 0.6 is 0 Å². The van der Waals surface area contributed by atoms with E-state index in [1.165, 1.54) is 0 Å². The molecule has 1 amide bonds. The molecule has 0 aliphatic rings. The van der Waals surface area contributed by atoms with E-state index in [1.54, 1.807) is 24.3 Å². The summed E-state index contributed by atoms with van der Waals surface area (Å²) < 4.78 is 5.58. The van der Waals surface area contributed by atoms with E-state index in [1.807, 2.05) is 68.4 Å². The van der Waals surface area contributed by atoms with E-state index < -0.39 is 18.0 Å². The highest BCUT2D eigenvalue weighted by Crippen LogP contribution is 2.23. The molecule has 8 nitrogen and oxygen atoms in total. The number of hydrogen-bond donors (Lipinski definition) is 1. The van der Waals surface area contributed by atoms with Gasteiger partial charge in [-0.3, -0.25) is 4.79 Å². The first-order valence-electron chi connectivity index (χ1n) is 10.5. The fraction of sp³-hybridized carbons (Fsp3) is 0.160. The highest BCUT2D eigenvalue weighted by Gasteiger charge is 2.26. The number of rotatable bonds is 7. The van der Waals surface area contributed by atoms with Gasteiger partial charge in [0, 0.05) is 16.8 Å². The number of anilines is 1. The first-order chi connectivity index (χ1) is 16.0. The largest absolute Gasteiger partial charge is 0.446 e. The Morgan fingerprint density at radius 1 is 0.970 bits per heavy atom. The number of carbonyl (C=O) groups excluding carboxylic acids is 2. The monoisotopic (exact) mass is 441 g/mol. The molecule has 0 aliphatic carbocycles. The Labute approximate surface area is 191 Å². The average molecular weight is 441 g/mol. The lowest BCUT2D eigenvalue weighted by molar-refractivity contribution is -0.155. The molecule has 33 heavy (non-hydrogen) atoms. The maximum Gasteiger partial charge on any atom is 0.330 e. The lowest BCUT2D eigenvalue weighted by atomic mass is 10.1. The second kappa shape index (κ2) is 9.86. The highest BCUT2D eigenvalue weighted by molar-refractivity contribution is 5.96. The summed E-state index contributed by atoms with van der Waals surface area (Å²) in [4.78, 5) is 27.0. The van der Waals surface area contributed by atoms with E-state index in [9.17, 15) is 9.59 Å². The predicted molar refractivity (Wildman–Crippen MR) is 123 cm³/mol. The lowest BCUT2D eigenvalue weighted by Crippen LogP contribution is -2.28. The Morgan fingerprint density at radius 2 is 1.67 bits per heavy atom. The molecule has 0 spiro atoms. The van der Waals surface area contributed by atoms with Gasteiger partial charge in [-0.1, -0.05) is 72.8 Å².